The number of esters is 1. The summed E-state index contributed by atoms with van der Waals surface area (Å²) in [6, 6.07) is 9.18. The molecule has 1 aromatic carbocycles. The van der Waals surface area contributed by atoms with Crippen LogP contribution in [-0.2, 0) is 15.1 Å². The quantitative estimate of drug-likeness (QED) is 0.768. The summed E-state index contributed by atoms with van der Waals surface area (Å²) in [7, 11) is 1.32. The van der Waals surface area contributed by atoms with Gasteiger partial charge >= 0.3 is 5.97 Å². The lowest BCUT2D eigenvalue weighted by Crippen LogP contribution is -2.28. The molecular weight excluding hydrogens is 192 g/mol. The Hall–Kier alpha value is -1.35. The number of benzene rings is 1. The fraction of sp³-hybridized carbons (Fsp3) is 0.417. The molecule has 0 unspecified atom stereocenters. The molecule has 0 aliphatic carbocycles. The number of carbonyl (C=O) groups excluding carboxylic acids is 1. The largest absolute Gasteiger partial charge is 0.469 e. The highest BCUT2D eigenvalue weighted by molar-refractivity contribution is 5.70. The fourth-order valence-electron chi connectivity index (χ4n) is 1.49. The second kappa shape index (κ2) is 4.94. The fourth-order valence-corrected chi connectivity index (χ4v) is 1.49. The minimum atomic E-state index is -1.12. The van der Waals surface area contributed by atoms with Crippen molar-refractivity contribution in [1.29, 1.82) is 0 Å². The van der Waals surface area contributed by atoms with Gasteiger partial charge in [-0.1, -0.05) is 37.3 Å². The van der Waals surface area contributed by atoms with Gasteiger partial charge in [-0.15, -0.1) is 0 Å². The summed E-state index contributed by atoms with van der Waals surface area (Å²) in [4.78, 5) is 11.2. The van der Waals surface area contributed by atoms with Gasteiger partial charge in [0.2, 0.25) is 0 Å². The number of ether oxygens (including phenoxy) is 1. The maximum atomic E-state index is 11.2. The number of hydrogen-bond donors (Lipinski definition) is 1. The highest BCUT2D eigenvalue weighted by atomic mass is 16.5. The Balaban J connectivity index is 2.90. The Kier molecular flexibility index (Phi) is 3.86. The monoisotopic (exact) mass is 208 g/mol. The molecule has 0 spiro atoms. The van der Waals surface area contributed by atoms with Crippen LogP contribution < -0.4 is 0 Å². The molecule has 0 radical (unpaired) electrons. The van der Waals surface area contributed by atoms with Crippen LogP contribution in [0.2, 0.25) is 0 Å². The van der Waals surface area contributed by atoms with Gasteiger partial charge in [0.05, 0.1) is 19.1 Å². The van der Waals surface area contributed by atoms with E-state index in [9.17, 15) is 9.90 Å². The molecule has 0 heterocycles. The van der Waals surface area contributed by atoms with Crippen LogP contribution in [0.4, 0.5) is 0 Å². The Morgan fingerprint density at radius 2 is 2.00 bits per heavy atom. The first-order chi connectivity index (χ1) is 7.12. The SMILES string of the molecule is CC[C@@](O)(CC(=O)OC)c1ccccc1. The lowest BCUT2D eigenvalue weighted by Gasteiger charge is -2.25. The van der Waals surface area contributed by atoms with E-state index in [4.69, 9.17) is 0 Å². The van der Waals surface area contributed by atoms with Crippen molar-refractivity contribution in [1.82, 2.24) is 0 Å². The van der Waals surface area contributed by atoms with Crippen molar-refractivity contribution in [2.75, 3.05) is 7.11 Å². The molecule has 1 aromatic rings. The summed E-state index contributed by atoms with van der Waals surface area (Å²) < 4.78 is 4.57. The van der Waals surface area contributed by atoms with Crippen molar-refractivity contribution in [2.24, 2.45) is 0 Å². The molecule has 0 aliphatic rings. The number of aliphatic hydroxyl groups is 1. The molecule has 0 saturated carbocycles. The molecule has 0 aliphatic heterocycles. The maximum Gasteiger partial charge on any atom is 0.308 e. The molecule has 15 heavy (non-hydrogen) atoms. The van der Waals surface area contributed by atoms with E-state index in [0.717, 1.165) is 5.56 Å². The van der Waals surface area contributed by atoms with Gasteiger partial charge in [0.1, 0.15) is 0 Å². The van der Waals surface area contributed by atoms with E-state index >= 15 is 0 Å². The first-order valence-electron chi connectivity index (χ1n) is 4.97. The van der Waals surface area contributed by atoms with Gasteiger partial charge in [-0.3, -0.25) is 4.79 Å². The van der Waals surface area contributed by atoms with E-state index in [2.05, 4.69) is 4.74 Å². The average molecular weight is 208 g/mol. The van der Waals surface area contributed by atoms with Gasteiger partial charge in [0.25, 0.3) is 0 Å². The molecule has 0 bridgehead atoms. The lowest BCUT2D eigenvalue weighted by atomic mass is 9.88. The molecule has 82 valence electrons. The van der Waals surface area contributed by atoms with Crippen LogP contribution in [0.3, 0.4) is 0 Å². The smallest absolute Gasteiger partial charge is 0.308 e. The minimum absolute atomic E-state index is 0.00991. The van der Waals surface area contributed by atoms with E-state index in [1.165, 1.54) is 7.11 Å². The van der Waals surface area contributed by atoms with Crippen LogP contribution >= 0.6 is 0 Å². The van der Waals surface area contributed by atoms with Crippen LogP contribution in [0, 0.1) is 0 Å². The average Bonchev–Trinajstić information content (AvgIpc) is 2.30. The van der Waals surface area contributed by atoms with Crippen LogP contribution in [0.25, 0.3) is 0 Å². The molecular formula is C12H16O3. The molecule has 3 nitrogen and oxygen atoms in total. The Morgan fingerprint density at radius 1 is 1.40 bits per heavy atom. The third-order valence-corrected chi connectivity index (χ3v) is 2.56. The zero-order valence-electron chi connectivity index (χ0n) is 9.06. The second-order valence-electron chi connectivity index (χ2n) is 3.50. The molecule has 1 N–H and O–H groups in total. The Morgan fingerprint density at radius 3 is 2.47 bits per heavy atom. The van der Waals surface area contributed by atoms with Crippen molar-refractivity contribution in [3.05, 3.63) is 35.9 Å². The van der Waals surface area contributed by atoms with E-state index in [1.807, 2.05) is 37.3 Å². The molecule has 0 amide bonds. The summed E-state index contributed by atoms with van der Waals surface area (Å²) in [5.74, 6) is -0.400. The van der Waals surface area contributed by atoms with E-state index in [1.54, 1.807) is 0 Å². The molecule has 3 heteroatoms. The topological polar surface area (TPSA) is 46.5 Å². The highest BCUT2D eigenvalue weighted by Crippen LogP contribution is 2.28. The number of methoxy groups -OCH3 is 1. The van der Waals surface area contributed by atoms with Crippen molar-refractivity contribution < 1.29 is 14.6 Å². The summed E-state index contributed by atoms with van der Waals surface area (Å²) in [5.41, 5.74) is -0.369. The summed E-state index contributed by atoms with van der Waals surface area (Å²) >= 11 is 0. The highest BCUT2D eigenvalue weighted by Gasteiger charge is 2.30. The third-order valence-electron chi connectivity index (χ3n) is 2.56. The first kappa shape index (κ1) is 11.7. The van der Waals surface area contributed by atoms with Gasteiger partial charge in [-0.2, -0.15) is 0 Å². The first-order valence-corrected chi connectivity index (χ1v) is 4.97. The minimum Gasteiger partial charge on any atom is -0.469 e. The normalized spacial score (nSPS) is 14.3. The van der Waals surface area contributed by atoms with Crippen molar-refractivity contribution in [3.8, 4) is 0 Å². The molecule has 1 rings (SSSR count). The van der Waals surface area contributed by atoms with Crippen LogP contribution in [-0.4, -0.2) is 18.2 Å². The summed E-state index contributed by atoms with van der Waals surface area (Å²) in [6.07, 6.45) is 0.468. The van der Waals surface area contributed by atoms with E-state index < -0.39 is 11.6 Å². The van der Waals surface area contributed by atoms with Gasteiger partial charge in [0, 0.05) is 0 Å². The maximum absolute atomic E-state index is 11.2. The molecule has 0 saturated heterocycles. The zero-order chi connectivity index (χ0) is 11.3. The van der Waals surface area contributed by atoms with Crippen molar-refractivity contribution in [2.45, 2.75) is 25.4 Å². The van der Waals surface area contributed by atoms with Gasteiger partial charge in [-0.05, 0) is 12.0 Å². The molecule has 0 fully saturated rings. The molecule has 1 atom stereocenters. The third kappa shape index (κ3) is 2.80. The summed E-state index contributed by atoms with van der Waals surface area (Å²) in [6.45, 7) is 1.84. The van der Waals surface area contributed by atoms with Crippen LogP contribution in [0.1, 0.15) is 25.3 Å². The predicted octanol–water partition coefficient (Wildman–Crippen LogP) is 1.85. The predicted molar refractivity (Wildman–Crippen MR) is 57.3 cm³/mol. The van der Waals surface area contributed by atoms with Gasteiger partial charge in [-0.25, -0.2) is 0 Å². The van der Waals surface area contributed by atoms with Crippen LogP contribution in [0.15, 0.2) is 30.3 Å². The van der Waals surface area contributed by atoms with Gasteiger partial charge in [0.15, 0.2) is 0 Å². The van der Waals surface area contributed by atoms with Crippen LogP contribution in [0.5, 0.6) is 0 Å². The Labute approximate surface area is 89.7 Å². The number of rotatable bonds is 4. The summed E-state index contributed by atoms with van der Waals surface area (Å²) in [5, 5.41) is 10.3. The number of hydrogen-bond acceptors (Lipinski definition) is 3. The number of carbonyl (C=O) groups is 1. The van der Waals surface area contributed by atoms with Gasteiger partial charge < -0.3 is 9.84 Å². The lowest BCUT2D eigenvalue weighted by molar-refractivity contribution is -0.146. The zero-order valence-corrected chi connectivity index (χ0v) is 9.06. The second-order valence-corrected chi connectivity index (χ2v) is 3.50. The standard InChI is InChI=1S/C12H16O3/c1-3-12(14,9-11(13)15-2)10-7-5-4-6-8-10/h4-8,14H,3,9H2,1-2H3/t12-/m1/s1. The van der Waals surface area contributed by atoms with Crippen molar-refractivity contribution >= 4 is 5.97 Å². The van der Waals surface area contributed by atoms with E-state index in [0.29, 0.717) is 6.42 Å². The van der Waals surface area contributed by atoms with E-state index in [-0.39, 0.29) is 6.42 Å². The Bertz CT molecular complexity index is 321. The van der Waals surface area contributed by atoms with Crippen molar-refractivity contribution in [3.63, 3.8) is 0 Å². The molecule has 0 aromatic heterocycles.